The van der Waals surface area contributed by atoms with E-state index in [1.165, 1.54) is 5.56 Å². The Labute approximate surface area is 211 Å². The number of aliphatic imine (C=N–C) groups is 1. The number of rotatable bonds is 11. The second-order valence-electron chi connectivity index (χ2n) is 8.62. The van der Waals surface area contributed by atoms with Crippen LogP contribution in [-0.4, -0.2) is 61.1 Å². The second kappa shape index (κ2) is 14.7. The number of carbonyl (C=O) groups is 1. The standard InChI is InChI=1S/C24H42N6O.HI/c1-5-24(6-2,29-19(4)20-11-9-8-10-12-20)18-27-23(26-7-3)28-21-13-15-30(16-14-21)17-22(25)31;/h8-12,19,21,29H,5-7,13-18H2,1-4H3,(H2,25,31)(H2,26,27,28);1H. The zero-order chi connectivity index (χ0) is 22.7. The summed E-state index contributed by atoms with van der Waals surface area (Å²) in [5, 5.41) is 10.9. The van der Waals surface area contributed by atoms with E-state index in [1.54, 1.807) is 0 Å². The number of benzene rings is 1. The number of guanidine groups is 1. The average molecular weight is 559 g/mol. The highest BCUT2D eigenvalue weighted by Gasteiger charge is 2.28. The van der Waals surface area contributed by atoms with Crippen molar-refractivity contribution in [2.24, 2.45) is 10.7 Å². The molecular weight excluding hydrogens is 515 g/mol. The average Bonchev–Trinajstić information content (AvgIpc) is 2.78. The highest BCUT2D eigenvalue weighted by atomic mass is 127. The Morgan fingerprint density at radius 1 is 1.19 bits per heavy atom. The molecule has 5 N–H and O–H groups in total. The molecular formula is C24H43IN6O. The van der Waals surface area contributed by atoms with Gasteiger partial charge in [0.15, 0.2) is 5.96 Å². The molecule has 1 aromatic carbocycles. The fourth-order valence-corrected chi connectivity index (χ4v) is 4.21. The molecule has 1 unspecified atom stereocenters. The predicted molar refractivity (Wildman–Crippen MR) is 144 cm³/mol. The van der Waals surface area contributed by atoms with Gasteiger partial charge in [0.2, 0.25) is 5.91 Å². The molecule has 1 atom stereocenters. The fraction of sp³-hybridized carbons (Fsp3) is 0.667. The van der Waals surface area contributed by atoms with Crippen LogP contribution >= 0.6 is 24.0 Å². The number of halogens is 1. The molecule has 0 radical (unpaired) electrons. The number of piperidine rings is 1. The van der Waals surface area contributed by atoms with E-state index in [9.17, 15) is 4.79 Å². The molecule has 182 valence electrons. The summed E-state index contributed by atoms with van der Waals surface area (Å²) in [7, 11) is 0. The Hall–Kier alpha value is -1.39. The third kappa shape index (κ3) is 9.23. The predicted octanol–water partition coefficient (Wildman–Crippen LogP) is 3.02. The van der Waals surface area contributed by atoms with Crippen molar-refractivity contribution in [1.29, 1.82) is 0 Å². The Balaban J connectivity index is 0.00000512. The maximum atomic E-state index is 11.1. The highest BCUT2D eigenvalue weighted by molar-refractivity contribution is 14.0. The summed E-state index contributed by atoms with van der Waals surface area (Å²) < 4.78 is 0. The molecule has 1 heterocycles. The van der Waals surface area contributed by atoms with Crippen molar-refractivity contribution in [3.05, 3.63) is 35.9 Å². The second-order valence-corrected chi connectivity index (χ2v) is 8.62. The first-order chi connectivity index (χ1) is 14.9. The molecule has 0 aliphatic carbocycles. The SMILES string of the molecule is CCNC(=NCC(CC)(CC)NC(C)c1ccccc1)NC1CCN(CC(N)=O)CC1.I. The molecule has 7 nitrogen and oxygen atoms in total. The first-order valence-corrected chi connectivity index (χ1v) is 11.8. The highest BCUT2D eigenvalue weighted by Crippen LogP contribution is 2.22. The molecule has 32 heavy (non-hydrogen) atoms. The van der Waals surface area contributed by atoms with Crippen LogP contribution in [-0.2, 0) is 4.79 Å². The van der Waals surface area contributed by atoms with E-state index < -0.39 is 0 Å². The molecule has 2 rings (SSSR count). The fourth-order valence-electron chi connectivity index (χ4n) is 4.21. The molecule has 1 saturated heterocycles. The van der Waals surface area contributed by atoms with Gasteiger partial charge in [0, 0.05) is 37.3 Å². The van der Waals surface area contributed by atoms with Gasteiger partial charge in [-0.25, -0.2) is 0 Å². The number of carbonyl (C=O) groups excluding carboxylic acids is 1. The van der Waals surface area contributed by atoms with Crippen LogP contribution in [0.5, 0.6) is 0 Å². The summed E-state index contributed by atoms with van der Waals surface area (Å²) in [4.78, 5) is 18.2. The summed E-state index contributed by atoms with van der Waals surface area (Å²) in [6.45, 7) is 12.4. The van der Waals surface area contributed by atoms with E-state index >= 15 is 0 Å². The van der Waals surface area contributed by atoms with E-state index in [0.29, 0.717) is 19.1 Å². The maximum absolute atomic E-state index is 11.1. The van der Waals surface area contributed by atoms with Crippen LogP contribution in [0.15, 0.2) is 35.3 Å². The molecule has 1 aromatic rings. The lowest BCUT2D eigenvalue weighted by atomic mass is 9.90. The molecule has 1 aliphatic rings. The topological polar surface area (TPSA) is 94.8 Å². The van der Waals surface area contributed by atoms with E-state index in [0.717, 1.165) is 51.3 Å². The minimum absolute atomic E-state index is 0. The van der Waals surface area contributed by atoms with E-state index in [2.05, 4.69) is 78.9 Å². The van der Waals surface area contributed by atoms with Gasteiger partial charge < -0.3 is 21.7 Å². The summed E-state index contributed by atoms with van der Waals surface area (Å²) in [5.74, 6) is 0.616. The smallest absolute Gasteiger partial charge is 0.231 e. The number of primary amides is 1. The van der Waals surface area contributed by atoms with Gasteiger partial charge in [0.05, 0.1) is 13.1 Å². The van der Waals surface area contributed by atoms with Crippen molar-refractivity contribution in [1.82, 2.24) is 20.9 Å². The monoisotopic (exact) mass is 558 g/mol. The molecule has 0 spiro atoms. The maximum Gasteiger partial charge on any atom is 0.231 e. The van der Waals surface area contributed by atoms with Crippen molar-refractivity contribution in [3.8, 4) is 0 Å². The van der Waals surface area contributed by atoms with Crippen molar-refractivity contribution >= 4 is 35.8 Å². The molecule has 0 bridgehead atoms. The summed E-state index contributed by atoms with van der Waals surface area (Å²) in [6, 6.07) is 11.2. The largest absolute Gasteiger partial charge is 0.369 e. The first-order valence-electron chi connectivity index (χ1n) is 11.8. The van der Waals surface area contributed by atoms with Gasteiger partial charge in [-0.15, -0.1) is 24.0 Å². The third-order valence-electron chi connectivity index (χ3n) is 6.37. The van der Waals surface area contributed by atoms with Gasteiger partial charge in [0.1, 0.15) is 0 Å². The van der Waals surface area contributed by atoms with Crippen LogP contribution in [0.1, 0.15) is 65.0 Å². The van der Waals surface area contributed by atoms with Crippen molar-refractivity contribution in [2.75, 3.05) is 32.7 Å². The first kappa shape index (κ1) is 28.6. The van der Waals surface area contributed by atoms with E-state index in [-0.39, 0.29) is 41.5 Å². The van der Waals surface area contributed by atoms with Crippen LogP contribution < -0.4 is 21.7 Å². The molecule has 0 aromatic heterocycles. The molecule has 0 saturated carbocycles. The lowest BCUT2D eigenvalue weighted by Gasteiger charge is -2.36. The lowest BCUT2D eigenvalue weighted by molar-refractivity contribution is -0.119. The minimum atomic E-state index is -0.256. The van der Waals surface area contributed by atoms with Crippen LogP contribution in [0.3, 0.4) is 0 Å². The number of nitrogens with zero attached hydrogens (tertiary/aromatic N) is 2. The van der Waals surface area contributed by atoms with Crippen LogP contribution in [0, 0.1) is 0 Å². The third-order valence-corrected chi connectivity index (χ3v) is 6.37. The van der Waals surface area contributed by atoms with Gasteiger partial charge in [-0.1, -0.05) is 44.2 Å². The normalized spacial score (nSPS) is 16.8. The summed E-state index contributed by atoms with van der Waals surface area (Å²) >= 11 is 0. The number of likely N-dealkylation sites (tertiary alicyclic amines) is 1. The number of nitrogens with one attached hydrogen (secondary N) is 3. The molecule has 1 aliphatic heterocycles. The van der Waals surface area contributed by atoms with Crippen molar-refractivity contribution < 1.29 is 4.79 Å². The van der Waals surface area contributed by atoms with Gasteiger partial charge in [-0.2, -0.15) is 0 Å². The minimum Gasteiger partial charge on any atom is -0.369 e. The lowest BCUT2D eigenvalue weighted by Crippen LogP contribution is -2.51. The van der Waals surface area contributed by atoms with Crippen molar-refractivity contribution in [2.45, 2.75) is 71.0 Å². The van der Waals surface area contributed by atoms with Gasteiger partial charge >= 0.3 is 0 Å². The van der Waals surface area contributed by atoms with E-state index in [4.69, 9.17) is 10.7 Å². The van der Waals surface area contributed by atoms with Gasteiger partial charge in [0.25, 0.3) is 0 Å². The van der Waals surface area contributed by atoms with Crippen LogP contribution in [0.4, 0.5) is 0 Å². The van der Waals surface area contributed by atoms with Gasteiger partial charge in [-0.05, 0) is 45.1 Å². The Kier molecular flexibility index (Phi) is 13.2. The number of nitrogens with two attached hydrogens (primary N) is 1. The van der Waals surface area contributed by atoms with Gasteiger partial charge in [-0.3, -0.25) is 14.7 Å². The van der Waals surface area contributed by atoms with E-state index in [1.807, 2.05) is 0 Å². The van der Waals surface area contributed by atoms with Crippen LogP contribution in [0.25, 0.3) is 0 Å². The number of amides is 1. The Morgan fingerprint density at radius 3 is 2.34 bits per heavy atom. The van der Waals surface area contributed by atoms with Crippen molar-refractivity contribution in [3.63, 3.8) is 0 Å². The Morgan fingerprint density at radius 2 is 1.81 bits per heavy atom. The molecule has 8 heteroatoms. The zero-order valence-electron chi connectivity index (χ0n) is 20.2. The zero-order valence-corrected chi connectivity index (χ0v) is 22.5. The number of hydrogen-bond acceptors (Lipinski definition) is 4. The number of hydrogen-bond donors (Lipinski definition) is 4. The quantitative estimate of drug-likeness (QED) is 0.190. The Bertz CT molecular complexity index is 687. The summed E-state index contributed by atoms with van der Waals surface area (Å²) in [5.41, 5.74) is 6.57. The molecule has 1 amide bonds. The molecule has 1 fully saturated rings. The van der Waals surface area contributed by atoms with Crippen LogP contribution in [0.2, 0.25) is 0 Å². The summed E-state index contributed by atoms with van der Waals surface area (Å²) in [6.07, 6.45) is 3.98.